The topological polar surface area (TPSA) is 84.3 Å². The highest BCUT2D eigenvalue weighted by Gasteiger charge is 2.23. The van der Waals surface area contributed by atoms with Gasteiger partial charge >= 0.3 is 0 Å². The number of fused-ring (bicyclic) bond motifs is 1. The van der Waals surface area contributed by atoms with Crippen LogP contribution < -0.4 is 5.32 Å². The Morgan fingerprint density at radius 1 is 1.10 bits per heavy atom. The second-order valence-corrected chi connectivity index (χ2v) is 10.0. The van der Waals surface area contributed by atoms with Crippen molar-refractivity contribution in [1.82, 2.24) is 13.9 Å². The predicted molar refractivity (Wildman–Crippen MR) is 119 cm³/mol. The summed E-state index contributed by atoms with van der Waals surface area (Å²) in [6.07, 6.45) is 0. The zero-order valence-corrected chi connectivity index (χ0v) is 18.1. The fourth-order valence-electron chi connectivity index (χ4n) is 3.16. The van der Waals surface area contributed by atoms with Gasteiger partial charge in [-0.25, -0.2) is 13.4 Å². The minimum absolute atomic E-state index is 0.213. The maximum Gasteiger partial charge on any atom is 0.252 e. The number of carbonyl (C=O) groups excluding carboxylic acids is 1. The molecule has 0 aliphatic rings. The van der Waals surface area contributed by atoms with E-state index in [4.69, 9.17) is 0 Å². The molecule has 0 aliphatic heterocycles. The highest BCUT2D eigenvalue weighted by atomic mass is 32.2. The van der Waals surface area contributed by atoms with Gasteiger partial charge in [0.1, 0.15) is 10.0 Å². The summed E-state index contributed by atoms with van der Waals surface area (Å²) in [7, 11) is -0.308. The first-order valence-corrected chi connectivity index (χ1v) is 11.5. The van der Waals surface area contributed by atoms with Gasteiger partial charge in [0.25, 0.3) is 10.0 Å². The number of hydrogen-bond donors (Lipinski definition) is 1. The fraction of sp³-hybridized carbons (Fsp3) is 0.143. The number of aromatic nitrogens is 2. The summed E-state index contributed by atoms with van der Waals surface area (Å²) in [4.78, 5) is 17.0. The van der Waals surface area contributed by atoms with Crippen molar-refractivity contribution in [2.24, 2.45) is 7.05 Å². The Balaban J connectivity index is 1.45. The lowest BCUT2D eigenvalue weighted by molar-refractivity contribution is -0.116. The molecule has 0 aliphatic carbocycles. The van der Waals surface area contributed by atoms with Crippen molar-refractivity contribution in [3.05, 3.63) is 66.0 Å². The third-order valence-corrected chi connectivity index (χ3v) is 7.92. The number of rotatable bonds is 6. The van der Waals surface area contributed by atoms with E-state index in [0.717, 1.165) is 38.1 Å². The number of hydrogen-bond acceptors (Lipinski definition) is 5. The number of anilines is 1. The van der Waals surface area contributed by atoms with E-state index in [0.29, 0.717) is 5.69 Å². The largest absolute Gasteiger partial charge is 0.327 e. The second-order valence-electron chi connectivity index (χ2n) is 6.80. The number of nitrogens with zero attached hydrogens (tertiary/aromatic N) is 3. The van der Waals surface area contributed by atoms with Crippen molar-refractivity contribution in [2.45, 2.75) is 4.21 Å². The van der Waals surface area contributed by atoms with Gasteiger partial charge in [-0.15, -0.1) is 11.3 Å². The number of aryl methyl sites for hydroxylation is 1. The number of para-hydroxylation sites is 2. The molecule has 4 aromatic rings. The van der Waals surface area contributed by atoms with Crippen LogP contribution in [0.1, 0.15) is 0 Å². The first-order valence-electron chi connectivity index (χ1n) is 9.18. The van der Waals surface area contributed by atoms with Crippen LogP contribution in [-0.4, -0.2) is 41.8 Å². The average Bonchev–Trinajstić information content (AvgIpc) is 3.38. The molecule has 0 saturated carbocycles. The molecule has 0 radical (unpaired) electrons. The van der Waals surface area contributed by atoms with Crippen LogP contribution in [-0.2, 0) is 21.9 Å². The van der Waals surface area contributed by atoms with E-state index in [2.05, 4.69) is 10.3 Å². The van der Waals surface area contributed by atoms with E-state index in [1.807, 2.05) is 48.0 Å². The van der Waals surface area contributed by atoms with Crippen molar-refractivity contribution in [2.75, 3.05) is 18.9 Å². The standard InChI is InChI=1S/C21H20N4O3S2/c1-24(30(27,28)20-8-5-13-29-20)14-19(26)22-16-11-9-15(10-12-16)21-23-17-6-3-4-7-18(17)25(21)2/h3-13H,14H2,1-2H3,(H,22,26). The molecule has 2 heterocycles. The normalized spacial score (nSPS) is 11.8. The van der Waals surface area contributed by atoms with Crippen LogP contribution in [0.25, 0.3) is 22.4 Å². The van der Waals surface area contributed by atoms with E-state index in [9.17, 15) is 13.2 Å². The monoisotopic (exact) mass is 440 g/mol. The van der Waals surface area contributed by atoms with Gasteiger partial charge in [0.05, 0.1) is 17.6 Å². The molecule has 9 heteroatoms. The van der Waals surface area contributed by atoms with Gasteiger partial charge < -0.3 is 9.88 Å². The summed E-state index contributed by atoms with van der Waals surface area (Å²) >= 11 is 1.12. The number of likely N-dealkylation sites (N-methyl/N-ethyl adjacent to an activating group) is 1. The third-order valence-electron chi connectivity index (χ3n) is 4.74. The lowest BCUT2D eigenvalue weighted by Crippen LogP contribution is -2.34. The summed E-state index contributed by atoms with van der Waals surface area (Å²) in [6.45, 7) is -0.271. The molecule has 0 fully saturated rings. The summed E-state index contributed by atoms with van der Waals surface area (Å²) < 4.78 is 28.1. The molecule has 30 heavy (non-hydrogen) atoms. The van der Waals surface area contributed by atoms with E-state index in [-0.39, 0.29) is 10.8 Å². The Labute approximate surface area is 178 Å². The number of carbonyl (C=O) groups is 1. The molecule has 0 unspecified atom stereocenters. The first kappa shape index (κ1) is 20.3. The minimum atomic E-state index is -3.66. The number of imidazole rings is 1. The zero-order chi connectivity index (χ0) is 21.3. The molecule has 4 rings (SSSR count). The van der Waals surface area contributed by atoms with Crippen LogP contribution >= 0.6 is 11.3 Å². The maximum atomic E-state index is 12.4. The average molecular weight is 441 g/mol. The van der Waals surface area contributed by atoms with Crippen LogP contribution in [0.2, 0.25) is 0 Å². The van der Waals surface area contributed by atoms with Gasteiger partial charge in [-0.1, -0.05) is 18.2 Å². The van der Waals surface area contributed by atoms with Crippen molar-refractivity contribution in [3.63, 3.8) is 0 Å². The summed E-state index contributed by atoms with van der Waals surface area (Å²) in [5.41, 5.74) is 3.47. The number of sulfonamides is 1. The molecule has 1 amide bonds. The number of amides is 1. The van der Waals surface area contributed by atoms with Crippen molar-refractivity contribution in [3.8, 4) is 11.4 Å². The molecular formula is C21H20N4O3S2. The molecule has 0 saturated heterocycles. The third kappa shape index (κ3) is 3.87. The van der Waals surface area contributed by atoms with Gasteiger partial charge in [-0.2, -0.15) is 4.31 Å². The lowest BCUT2D eigenvalue weighted by Gasteiger charge is -2.15. The number of nitrogens with one attached hydrogen (secondary N) is 1. The maximum absolute atomic E-state index is 12.4. The van der Waals surface area contributed by atoms with Gasteiger partial charge in [-0.05, 0) is 47.8 Å². The Kier molecular flexibility index (Phi) is 5.42. The van der Waals surface area contributed by atoms with E-state index >= 15 is 0 Å². The van der Waals surface area contributed by atoms with Gasteiger partial charge in [0.15, 0.2) is 0 Å². The quantitative estimate of drug-likeness (QED) is 0.497. The van der Waals surface area contributed by atoms with Gasteiger partial charge in [0.2, 0.25) is 5.91 Å². The van der Waals surface area contributed by atoms with Crippen LogP contribution in [0.3, 0.4) is 0 Å². The highest BCUT2D eigenvalue weighted by Crippen LogP contribution is 2.25. The summed E-state index contributed by atoms with van der Waals surface area (Å²) in [5, 5.41) is 4.43. The van der Waals surface area contributed by atoms with Crippen LogP contribution in [0.4, 0.5) is 5.69 Å². The van der Waals surface area contributed by atoms with Crippen molar-refractivity contribution >= 4 is 44.0 Å². The molecular weight excluding hydrogens is 420 g/mol. The molecule has 2 aromatic heterocycles. The smallest absolute Gasteiger partial charge is 0.252 e. The Hall–Kier alpha value is -3.01. The predicted octanol–water partition coefficient (Wildman–Crippen LogP) is 3.56. The summed E-state index contributed by atoms with van der Waals surface area (Å²) in [5.74, 6) is 0.420. The fourth-order valence-corrected chi connectivity index (χ4v) is 5.49. The van der Waals surface area contributed by atoms with E-state index in [1.165, 1.54) is 13.1 Å². The number of benzene rings is 2. The van der Waals surface area contributed by atoms with Crippen LogP contribution in [0.5, 0.6) is 0 Å². The molecule has 0 spiro atoms. The lowest BCUT2D eigenvalue weighted by atomic mass is 10.2. The molecule has 0 bridgehead atoms. The number of thiophene rings is 1. The SMILES string of the molecule is CN(CC(=O)Nc1ccc(-c2nc3ccccc3n2C)cc1)S(=O)(=O)c1cccs1. The molecule has 7 nitrogen and oxygen atoms in total. The summed E-state index contributed by atoms with van der Waals surface area (Å²) in [6, 6.07) is 18.4. The minimum Gasteiger partial charge on any atom is -0.327 e. The zero-order valence-electron chi connectivity index (χ0n) is 16.4. The van der Waals surface area contributed by atoms with Gasteiger partial charge in [-0.3, -0.25) is 4.79 Å². The second kappa shape index (κ2) is 8.02. The highest BCUT2D eigenvalue weighted by molar-refractivity contribution is 7.91. The Bertz CT molecular complexity index is 1290. The van der Waals surface area contributed by atoms with E-state index in [1.54, 1.807) is 23.6 Å². The van der Waals surface area contributed by atoms with E-state index < -0.39 is 15.9 Å². The van der Waals surface area contributed by atoms with Crippen molar-refractivity contribution < 1.29 is 13.2 Å². The molecule has 1 N–H and O–H groups in total. The van der Waals surface area contributed by atoms with Crippen molar-refractivity contribution in [1.29, 1.82) is 0 Å². The first-order chi connectivity index (χ1) is 14.4. The Morgan fingerprint density at radius 3 is 2.50 bits per heavy atom. The molecule has 0 atom stereocenters. The molecule has 154 valence electrons. The van der Waals surface area contributed by atoms with Gasteiger partial charge in [0, 0.05) is 25.3 Å². The Morgan fingerprint density at radius 2 is 1.83 bits per heavy atom. The van der Waals surface area contributed by atoms with Crippen LogP contribution in [0.15, 0.2) is 70.3 Å². The molecule has 2 aromatic carbocycles. The van der Waals surface area contributed by atoms with Crippen LogP contribution in [0, 0.1) is 0 Å².